The van der Waals surface area contributed by atoms with Gasteiger partial charge in [0.2, 0.25) is 5.89 Å². The highest BCUT2D eigenvalue weighted by atomic mass is 16.3. The number of benzene rings is 9. The third-order valence-corrected chi connectivity index (χ3v) is 10.6. The number of oxazole rings is 1. The zero-order valence-electron chi connectivity index (χ0n) is 28.6. The van der Waals surface area contributed by atoms with E-state index in [-0.39, 0.29) is 0 Å². The first-order valence-electron chi connectivity index (χ1n) is 18.0. The number of aromatic nitrogens is 2. The molecule has 0 saturated heterocycles. The van der Waals surface area contributed by atoms with E-state index in [2.05, 4.69) is 167 Å². The average Bonchev–Trinajstić information content (AvgIpc) is 3.82. The van der Waals surface area contributed by atoms with E-state index in [0.717, 1.165) is 66.5 Å². The van der Waals surface area contributed by atoms with E-state index >= 15 is 0 Å². The molecule has 4 heteroatoms. The summed E-state index contributed by atoms with van der Waals surface area (Å²) >= 11 is 0. The molecule has 9 aromatic carbocycles. The van der Waals surface area contributed by atoms with Gasteiger partial charge in [0, 0.05) is 38.5 Å². The molecule has 2 heterocycles. The summed E-state index contributed by atoms with van der Waals surface area (Å²) in [5, 5.41) is 9.22. The Balaban J connectivity index is 1.24. The van der Waals surface area contributed by atoms with E-state index in [1.165, 1.54) is 27.1 Å². The molecular weight excluding hydrogens is 647 g/mol. The maximum absolute atomic E-state index is 6.63. The Labute approximate surface area is 305 Å². The summed E-state index contributed by atoms with van der Waals surface area (Å²) in [5.74, 6) is 0.624. The maximum Gasteiger partial charge on any atom is 0.227 e. The molecule has 11 aromatic rings. The smallest absolute Gasteiger partial charge is 0.227 e. The molecular formula is C49H31N3O. The normalized spacial score (nSPS) is 11.8. The number of hydrogen-bond acceptors (Lipinski definition) is 3. The molecule has 0 N–H and O–H groups in total. The molecule has 0 unspecified atom stereocenters. The van der Waals surface area contributed by atoms with Crippen molar-refractivity contribution < 1.29 is 4.42 Å². The van der Waals surface area contributed by atoms with Crippen molar-refractivity contribution in [3.63, 3.8) is 0 Å². The van der Waals surface area contributed by atoms with E-state index in [1.807, 2.05) is 30.3 Å². The van der Waals surface area contributed by atoms with Crippen molar-refractivity contribution in [1.29, 1.82) is 0 Å². The summed E-state index contributed by atoms with van der Waals surface area (Å²) in [4.78, 5) is 7.38. The van der Waals surface area contributed by atoms with Crippen LogP contribution in [0.25, 0.3) is 82.4 Å². The van der Waals surface area contributed by atoms with Gasteiger partial charge in [-0.25, -0.2) is 4.98 Å². The van der Waals surface area contributed by atoms with Crippen LogP contribution < -0.4 is 4.90 Å². The third-order valence-electron chi connectivity index (χ3n) is 10.6. The van der Waals surface area contributed by atoms with Crippen LogP contribution in [0, 0.1) is 0 Å². The van der Waals surface area contributed by atoms with E-state index in [1.54, 1.807) is 0 Å². The summed E-state index contributed by atoms with van der Waals surface area (Å²) in [5.41, 5.74) is 9.30. The van der Waals surface area contributed by atoms with Gasteiger partial charge in [-0.3, -0.25) is 0 Å². The molecule has 0 saturated carbocycles. The maximum atomic E-state index is 6.63. The van der Waals surface area contributed by atoms with E-state index in [4.69, 9.17) is 9.40 Å². The van der Waals surface area contributed by atoms with Crippen LogP contribution in [-0.4, -0.2) is 9.55 Å². The summed E-state index contributed by atoms with van der Waals surface area (Å²) in [7, 11) is 0. The lowest BCUT2D eigenvalue weighted by Crippen LogP contribution is -2.12. The monoisotopic (exact) mass is 677 g/mol. The molecule has 11 rings (SSSR count). The number of para-hydroxylation sites is 3. The molecule has 248 valence electrons. The lowest BCUT2D eigenvalue weighted by atomic mass is 9.99. The standard InChI is InChI=1S/C49H31N3O/c1-3-14-35(15-4-1)49-50-42-30-28-34-26-25-33-27-29-37(31-41(33)46(34)48(42)53-49)51(43-23-11-16-32-13-7-8-19-38(32)43)45-24-12-21-40-39-20-9-10-22-44(39)52(47(40)45)36-17-5-2-6-18-36/h1-31H. The number of hydrogen-bond donors (Lipinski definition) is 0. The van der Waals surface area contributed by atoms with Crippen LogP contribution in [0.4, 0.5) is 17.1 Å². The van der Waals surface area contributed by atoms with Gasteiger partial charge >= 0.3 is 0 Å². The van der Waals surface area contributed by atoms with Gasteiger partial charge in [-0.1, -0.05) is 127 Å². The Kier molecular flexibility index (Phi) is 6.52. The number of fused-ring (bicyclic) bond motifs is 9. The number of anilines is 3. The van der Waals surface area contributed by atoms with Crippen molar-refractivity contribution in [2.45, 2.75) is 0 Å². The topological polar surface area (TPSA) is 34.2 Å². The molecule has 0 radical (unpaired) electrons. The van der Waals surface area contributed by atoms with Crippen LogP contribution in [0.2, 0.25) is 0 Å². The zero-order valence-corrected chi connectivity index (χ0v) is 28.6. The second-order valence-electron chi connectivity index (χ2n) is 13.6. The van der Waals surface area contributed by atoms with Gasteiger partial charge in [0.15, 0.2) is 5.58 Å². The lowest BCUT2D eigenvalue weighted by Gasteiger charge is -2.28. The fraction of sp³-hybridized carbons (Fsp3) is 0. The largest absolute Gasteiger partial charge is 0.435 e. The van der Waals surface area contributed by atoms with E-state index < -0.39 is 0 Å². The zero-order chi connectivity index (χ0) is 34.9. The van der Waals surface area contributed by atoms with Crippen molar-refractivity contribution in [3.8, 4) is 17.1 Å². The van der Waals surface area contributed by atoms with Crippen molar-refractivity contribution in [2.75, 3.05) is 4.90 Å². The molecule has 0 aliphatic heterocycles. The van der Waals surface area contributed by atoms with Crippen LogP contribution in [0.15, 0.2) is 192 Å². The highest BCUT2D eigenvalue weighted by Crippen LogP contribution is 2.46. The molecule has 0 bridgehead atoms. The number of rotatable bonds is 5. The van der Waals surface area contributed by atoms with Gasteiger partial charge < -0.3 is 13.9 Å². The summed E-state index contributed by atoms with van der Waals surface area (Å²) in [6.07, 6.45) is 0. The van der Waals surface area contributed by atoms with Gasteiger partial charge in [-0.2, -0.15) is 0 Å². The summed E-state index contributed by atoms with van der Waals surface area (Å²) in [6, 6.07) is 66.9. The van der Waals surface area contributed by atoms with E-state index in [9.17, 15) is 0 Å². The summed E-state index contributed by atoms with van der Waals surface area (Å²) < 4.78 is 9.05. The predicted molar refractivity (Wildman–Crippen MR) is 221 cm³/mol. The highest BCUT2D eigenvalue weighted by Gasteiger charge is 2.23. The average molecular weight is 678 g/mol. The predicted octanol–water partition coefficient (Wildman–Crippen LogP) is 13.5. The van der Waals surface area contributed by atoms with Crippen LogP contribution in [0.1, 0.15) is 0 Å². The molecule has 0 spiro atoms. The van der Waals surface area contributed by atoms with Crippen LogP contribution in [-0.2, 0) is 0 Å². The third kappa shape index (κ3) is 4.59. The minimum atomic E-state index is 0.624. The molecule has 0 aliphatic rings. The summed E-state index contributed by atoms with van der Waals surface area (Å²) in [6.45, 7) is 0. The quantitative estimate of drug-likeness (QED) is 0.170. The van der Waals surface area contributed by atoms with Crippen LogP contribution in [0.3, 0.4) is 0 Å². The number of nitrogens with zero attached hydrogens (tertiary/aromatic N) is 3. The molecule has 0 amide bonds. The molecule has 4 nitrogen and oxygen atoms in total. The first-order valence-corrected chi connectivity index (χ1v) is 18.0. The van der Waals surface area contributed by atoms with Gasteiger partial charge in [-0.05, 0) is 82.2 Å². The van der Waals surface area contributed by atoms with Crippen molar-refractivity contribution in [3.05, 3.63) is 188 Å². The van der Waals surface area contributed by atoms with Crippen molar-refractivity contribution in [2.24, 2.45) is 0 Å². The first-order chi connectivity index (χ1) is 26.3. The Bertz CT molecular complexity index is 3170. The molecule has 0 aliphatic carbocycles. The SMILES string of the molecule is c1ccc(-c2nc3ccc4ccc5ccc(N(c6cccc7ccccc67)c6cccc7c8ccccc8n(-c8ccccc8)c67)cc5c4c3o2)cc1. The fourth-order valence-corrected chi connectivity index (χ4v) is 8.19. The Morgan fingerprint density at radius 1 is 0.472 bits per heavy atom. The Morgan fingerprint density at radius 3 is 2.00 bits per heavy atom. The fourth-order valence-electron chi connectivity index (χ4n) is 8.19. The minimum Gasteiger partial charge on any atom is -0.435 e. The molecule has 0 fully saturated rings. The van der Waals surface area contributed by atoms with Crippen LogP contribution >= 0.6 is 0 Å². The van der Waals surface area contributed by atoms with Gasteiger partial charge in [0.25, 0.3) is 0 Å². The molecule has 53 heavy (non-hydrogen) atoms. The lowest BCUT2D eigenvalue weighted by molar-refractivity contribution is 0.623. The van der Waals surface area contributed by atoms with Crippen molar-refractivity contribution in [1.82, 2.24) is 9.55 Å². The second kappa shape index (κ2) is 11.7. The Morgan fingerprint density at radius 2 is 1.11 bits per heavy atom. The van der Waals surface area contributed by atoms with E-state index in [0.29, 0.717) is 5.89 Å². The first kappa shape index (κ1) is 29.5. The van der Waals surface area contributed by atoms with Gasteiger partial charge in [-0.15, -0.1) is 0 Å². The molecule has 0 atom stereocenters. The van der Waals surface area contributed by atoms with Crippen molar-refractivity contribution >= 4 is 82.3 Å². The van der Waals surface area contributed by atoms with Gasteiger partial charge in [0.05, 0.1) is 22.4 Å². The minimum absolute atomic E-state index is 0.624. The Hall–Kier alpha value is -7.17. The molecule has 2 aromatic heterocycles. The second-order valence-corrected chi connectivity index (χ2v) is 13.6. The van der Waals surface area contributed by atoms with Crippen LogP contribution in [0.5, 0.6) is 0 Å². The van der Waals surface area contributed by atoms with Gasteiger partial charge in [0.1, 0.15) is 5.52 Å². The highest BCUT2D eigenvalue weighted by molar-refractivity contribution is 6.20.